The summed E-state index contributed by atoms with van der Waals surface area (Å²) in [5, 5.41) is 21.0. The maximum Gasteiger partial charge on any atom is 0.493 e. The summed E-state index contributed by atoms with van der Waals surface area (Å²) < 4.78 is 0. The van der Waals surface area contributed by atoms with E-state index >= 15 is 0 Å². The lowest BCUT2D eigenvalue weighted by Crippen LogP contribution is -2.34. The number of rotatable bonds is 3. The van der Waals surface area contributed by atoms with Gasteiger partial charge in [0.1, 0.15) is 12.1 Å². The van der Waals surface area contributed by atoms with Crippen LogP contribution in [0.15, 0.2) is 12.5 Å². The fraction of sp³-hybridized carbons (Fsp3) is 0.429. The third-order valence-corrected chi connectivity index (χ3v) is 1.94. The maximum atomic E-state index is 8.97. The second-order valence-corrected chi connectivity index (χ2v) is 3.12. The smallest absolute Gasteiger partial charge is 0.423 e. The minimum Gasteiger partial charge on any atom is -0.423 e. The number of nitrogens with zero attached hydrogens (tertiary/aromatic N) is 2. The summed E-state index contributed by atoms with van der Waals surface area (Å²) >= 11 is 0. The fourth-order valence-electron chi connectivity index (χ4n) is 1.07. The highest BCUT2D eigenvalue weighted by Crippen LogP contribution is 2.22. The molecule has 1 heterocycles. The lowest BCUT2D eigenvalue weighted by molar-refractivity contribution is 0.425. The van der Waals surface area contributed by atoms with Gasteiger partial charge in [-0.3, -0.25) is 0 Å². The van der Waals surface area contributed by atoms with Gasteiger partial charge >= 0.3 is 7.12 Å². The van der Waals surface area contributed by atoms with Crippen molar-refractivity contribution in [1.29, 1.82) is 0 Å². The van der Waals surface area contributed by atoms with Gasteiger partial charge in [-0.25, -0.2) is 9.97 Å². The monoisotopic (exact) mass is 179 g/mol. The molecule has 68 valence electrons. The standard InChI is InChI=1S/C7H10BN3O2/c12-8(13)6-3-9-4-10-7(6)11-5-1-2-5/h3-5,12-13H,1-2H2,(H,9,10,11). The Bertz CT molecular complexity index is 304. The van der Waals surface area contributed by atoms with E-state index in [9.17, 15) is 0 Å². The van der Waals surface area contributed by atoms with Crippen LogP contribution in [0.3, 0.4) is 0 Å². The minimum absolute atomic E-state index is 0.328. The Kier molecular flexibility index (Phi) is 2.16. The molecule has 1 aliphatic carbocycles. The van der Waals surface area contributed by atoms with Crippen LogP contribution in [0.25, 0.3) is 0 Å². The van der Waals surface area contributed by atoms with Gasteiger partial charge in [-0.15, -0.1) is 0 Å². The zero-order valence-corrected chi connectivity index (χ0v) is 7.01. The molecule has 1 aliphatic rings. The van der Waals surface area contributed by atoms with E-state index in [1.54, 1.807) is 0 Å². The highest BCUT2D eigenvalue weighted by Gasteiger charge is 2.25. The van der Waals surface area contributed by atoms with Crippen molar-refractivity contribution in [2.24, 2.45) is 0 Å². The first kappa shape index (κ1) is 8.46. The van der Waals surface area contributed by atoms with Crippen LogP contribution in [0.2, 0.25) is 0 Å². The third kappa shape index (κ3) is 1.96. The molecule has 1 saturated carbocycles. The Morgan fingerprint density at radius 1 is 1.46 bits per heavy atom. The van der Waals surface area contributed by atoms with Crippen LogP contribution < -0.4 is 10.8 Å². The van der Waals surface area contributed by atoms with Crippen molar-refractivity contribution in [3.8, 4) is 0 Å². The SMILES string of the molecule is OB(O)c1cncnc1NC1CC1. The largest absolute Gasteiger partial charge is 0.493 e. The summed E-state index contributed by atoms with van der Waals surface area (Å²) in [5.41, 5.74) is 0.328. The molecule has 0 aliphatic heterocycles. The average molecular weight is 179 g/mol. The van der Waals surface area contributed by atoms with Gasteiger partial charge in [0.2, 0.25) is 0 Å². The molecule has 0 aromatic carbocycles. The number of hydrogen-bond donors (Lipinski definition) is 3. The summed E-state index contributed by atoms with van der Waals surface area (Å²) in [6.07, 6.45) is 5.02. The minimum atomic E-state index is -1.51. The van der Waals surface area contributed by atoms with Crippen LogP contribution in [0.1, 0.15) is 12.8 Å². The van der Waals surface area contributed by atoms with Crippen LogP contribution in [-0.2, 0) is 0 Å². The maximum absolute atomic E-state index is 8.97. The molecule has 2 rings (SSSR count). The van der Waals surface area contributed by atoms with Crippen molar-refractivity contribution in [1.82, 2.24) is 9.97 Å². The molecule has 0 amide bonds. The molecule has 1 aromatic heterocycles. The highest BCUT2D eigenvalue weighted by atomic mass is 16.4. The van der Waals surface area contributed by atoms with Gasteiger partial charge in [0.15, 0.2) is 0 Å². The summed E-state index contributed by atoms with van der Waals surface area (Å²) in [4.78, 5) is 7.66. The molecule has 6 heteroatoms. The normalized spacial score (nSPS) is 15.5. The van der Waals surface area contributed by atoms with Crippen LogP contribution in [0.4, 0.5) is 5.82 Å². The summed E-state index contributed by atoms with van der Waals surface area (Å²) in [6, 6.07) is 0.437. The quantitative estimate of drug-likeness (QED) is 0.504. The van der Waals surface area contributed by atoms with Gasteiger partial charge in [-0.1, -0.05) is 0 Å². The van der Waals surface area contributed by atoms with Crippen molar-refractivity contribution in [2.75, 3.05) is 5.32 Å². The molecule has 13 heavy (non-hydrogen) atoms. The molecule has 0 atom stereocenters. The zero-order chi connectivity index (χ0) is 9.26. The number of aromatic nitrogens is 2. The molecular weight excluding hydrogens is 169 g/mol. The van der Waals surface area contributed by atoms with Gasteiger partial charge in [-0.05, 0) is 12.8 Å². The van der Waals surface area contributed by atoms with Crippen molar-refractivity contribution < 1.29 is 10.0 Å². The lowest BCUT2D eigenvalue weighted by atomic mass is 9.81. The summed E-state index contributed by atoms with van der Waals surface area (Å²) in [6.45, 7) is 0. The van der Waals surface area contributed by atoms with Gasteiger partial charge in [0, 0.05) is 17.7 Å². The first-order chi connectivity index (χ1) is 6.27. The highest BCUT2D eigenvalue weighted by molar-refractivity contribution is 6.60. The molecule has 3 N–H and O–H groups in total. The zero-order valence-electron chi connectivity index (χ0n) is 7.01. The Hall–Kier alpha value is -1.14. The second-order valence-electron chi connectivity index (χ2n) is 3.12. The first-order valence-corrected chi connectivity index (χ1v) is 4.20. The van der Waals surface area contributed by atoms with Crippen molar-refractivity contribution in [3.63, 3.8) is 0 Å². The summed E-state index contributed by atoms with van der Waals surface area (Å²) in [7, 11) is -1.51. The topological polar surface area (TPSA) is 78.3 Å². The van der Waals surface area contributed by atoms with Crippen molar-refractivity contribution in [2.45, 2.75) is 18.9 Å². The fourth-order valence-corrected chi connectivity index (χ4v) is 1.07. The van der Waals surface area contributed by atoms with E-state index in [4.69, 9.17) is 10.0 Å². The van der Waals surface area contributed by atoms with Crippen molar-refractivity contribution >= 4 is 18.4 Å². The summed E-state index contributed by atoms with van der Waals surface area (Å²) in [5.74, 6) is 0.521. The molecule has 0 radical (unpaired) electrons. The predicted octanol–water partition coefficient (Wildman–Crippen LogP) is -1.27. The third-order valence-electron chi connectivity index (χ3n) is 1.94. The second kappa shape index (κ2) is 3.31. The molecule has 0 unspecified atom stereocenters. The molecule has 0 spiro atoms. The van der Waals surface area contributed by atoms with Gasteiger partial charge < -0.3 is 15.4 Å². The van der Waals surface area contributed by atoms with E-state index in [-0.39, 0.29) is 0 Å². The average Bonchev–Trinajstić information content (AvgIpc) is 2.89. The van der Waals surface area contributed by atoms with Gasteiger partial charge in [0.25, 0.3) is 0 Å². The van der Waals surface area contributed by atoms with E-state index < -0.39 is 7.12 Å². The van der Waals surface area contributed by atoms with Crippen molar-refractivity contribution in [3.05, 3.63) is 12.5 Å². The van der Waals surface area contributed by atoms with Gasteiger partial charge in [0.05, 0.1) is 0 Å². The van der Waals surface area contributed by atoms with E-state index in [2.05, 4.69) is 15.3 Å². The van der Waals surface area contributed by atoms with Crippen LogP contribution in [0, 0.1) is 0 Å². The molecule has 0 saturated heterocycles. The first-order valence-electron chi connectivity index (χ1n) is 4.20. The number of anilines is 1. The Morgan fingerprint density at radius 3 is 2.85 bits per heavy atom. The van der Waals surface area contributed by atoms with E-state index in [0.717, 1.165) is 12.8 Å². The molecular formula is C7H10BN3O2. The van der Waals surface area contributed by atoms with E-state index in [0.29, 0.717) is 17.3 Å². The molecule has 1 fully saturated rings. The number of hydrogen-bond acceptors (Lipinski definition) is 5. The van der Waals surface area contributed by atoms with Crippen LogP contribution >= 0.6 is 0 Å². The molecule has 5 nitrogen and oxygen atoms in total. The van der Waals surface area contributed by atoms with Crippen LogP contribution in [0.5, 0.6) is 0 Å². The molecule has 0 bridgehead atoms. The predicted molar refractivity (Wildman–Crippen MR) is 48.5 cm³/mol. The van der Waals surface area contributed by atoms with E-state index in [1.807, 2.05) is 0 Å². The Labute approximate surface area is 76.0 Å². The Balaban J connectivity index is 2.20. The van der Waals surface area contributed by atoms with E-state index in [1.165, 1.54) is 12.5 Å². The lowest BCUT2D eigenvalue weighted by Gasteiger charge is -2.07. The molecule has 1 aromatic rings. The van der Waals surface area contributed by atoms with Gasteiger partial charge in [-0.2, -0.15) is 0 Å². The van der Waals surface area contributed by atoms with Crippen LogP contribution in [-0.4, -0.2) is 33.2 Å². The number of nitrogens with one attached hydrogen (secondary N) is 1. The Morgan fingerprint density at radius 2 is 2.23 bits per heavy atom.